The number of hydrogen-bond donors (Lipinski definition) is 2. The molecule has 0 spiro atoms. The largest absolute Gasteiger partial charge is 0.393 e. The number of ketones is 2. The SMILES string of the molecule is CC12CC(=O)C3(O)C(CCC4CC(=O)CCC43C)C1CC(O)C2. The van der Waals surface area contributed by atoms with E-state index >= 15 is 0 Å². The van der Waals surface area contributed by atoms with Gasteiger partial charge in [0.1, 0.15) is 11.4 Å². The minimum absolute atomic E-state index is 0.0306. The highest BCUT2D eigenvalue weighted by Gasteiger charge is 2.69. The van der Waals surface area contributed by atoms with Crippen molar-refractivity contribution in [3.05, 3.63) is 0 Å². The highest BCUT2D eigenvalue weighted by atomic mass is 16.3. The van der Waals surface area contributed by atoms with Crippen LogP contribution in [0.1, 0.15) is 65.2 Å². The lowest BCUT2D eigenvalue weighted by Crippen LogP contribution is -2.69. The van der Waals surface area contributed by atoms with Crippen LogP contribution in [0.15, 0.2) is 0 Å². The van der Waals surface area contributed by atoms with Crippen LogP contribution in [0.2, 0.25) is 0 Å². The lowest BCUT2D eigenvalue weighted by atomic mass is 9.42. The minimum Gasteiger partial charge on any atom is -0.393 e. The van der Waals surface area contributed by atoms with Crippen molar-refractivity contribution in [3.63, 3.8) is 0 Å². The van der Waals surface area contributed by atoms with Crippen molar-refractivity contribution in [3.8, 4) is 0 Å². The maximum absolute atomic E-state index is 13.1. The van der Waals surface area contributed by atoms with Gasteiger partial charge in [0.15, 0.2) is 5.78 Å². The zero-order valence-corrected chi connectivity index (χ0v) is 14.2. The predicted molar refractivity (Wildman–Crippen MR) is 84.6 cm³/mol. The molecule has 7 atom stereocenters. The summed E-state index contributed by atoms with van der Waals surface area (Å²) < 4.78 is 0. The molecule has 0 aromatic rings. The van der Waals surface area contributed by atoms with Gasteiger partial charge in [0.05, 0.1) is 6.10 Å². The summed E-state index contributed by atoms with van der Waals surface area (Å²) in [4.78, 5) is 25.0. The van der Waals surface area contributed by atoms with Crippen LogP contribution < -0.4 is 0 Å². The highest BCUT2D eigenvalue weighted by Crippen LogP contribution is 2.66. The van der Waals surface area contributed by atoms with Gasteiger partial charge in [-0.05, 0) is 55.3 Å². The highest BCUT2D eigenvalue weighted by molar-refractivity contribution is 5.91. The van der Waals surface area contributed by atoms with Crippen LogP contribution in [0.3, 0.4) is 0 Å². The van der Waals surface area contributed by atoms with Gasteiger partial charge in [0.25, 0.3) is 0 Å². The van der Waals surface area contributed by atoms with Gasteiger partial charge in [-0.25, -0.2) is 0 Å². The van der Waals surface area contributed by atoms with E-state index in [1.807, 2.05) is 6.92 Å². The number of aliphatic hydroxyl groups is 2. The van der Waals surface area contributed by atoms with E-state index in [-0.39, 0.29) is 40.8 Å². The third-order valence-corrected chi connectivity index (χ3v) is 8.13. The zero-order valence-electron chi connectivity index (χ0n) is 14.2. The summed E-state index contributed by atoms with van der Waals surface area (Å²) in [5, 5.41) is 21.9. The first-order valence-electron chi connectivity index (χ1n) is 9.16. The Kier molecular flexibility index (Phi) is 3.20. The Balaban J connectivity index is 1.77. The van der Waals surface area contributed by atoms with Crippen molar-refractivity contribution in [1.82, 2.24) is 0 Å². The van der Waals surface area contributed by atoms with E-state index in [1.54, 1.807) is 0 Å². The molecule has 0 radical (unpaired) electrons. The monoisotopic (exact) mass is 320 g/mol. The molecule has 0 saturated heterocycles. The number of carbonyl (C=O) groups excluding carboxylic acids is 2. The first-order chi connectivity index (χ1) is 10.7. The molecule has 0 amide bonds. The molecular weight excluding hydrogens is 292 g/mol. The lowest BCUT2D eigenvalue weighted by Gasteiger charge is -2.63. The fourth-order valence-corrected chi connectivity index (χ4v) is 6.86. The Morgan fingerprint density at radius 2 is 1.87 bits per heavy atom. The molecule has 0 aliphatic heterocycles. The Morgan fingerprint density at radius 1 is 1.13 bits per heavy atom. The molecule has 2 N–H and O–H groups in total. The number of Topliss-reactive ketones (excluding diaryl/α,β-unsaturated/α-hetero) is 2. The maximum Gasteiger partial charge on any atom is 0.165 e. The maximum atomic E-state index is 13.1. The van der Waals surface area contributed by atoms with E-state index < -0.39 is 11.0 Å². The quantitative estimate of drug-likeness (QED) is 0.718. The standard InChI is InChI=1S/C19H28O4/c1-17-9-13(21)8-15(17)14-4-3-11-7-12(20)5-6-18(11,2)19(14,23)16(22)10-17/h11,13-15,21,23H,3-10H2,1-2H3. The molecule has 0 aromatic carbocycles. The van der Waals surface area contributed by atoms with E-state index in [2.05, 4.69) is 6.92 Å². The predicted octanol–water partition coefficient (Wildman–Crippen LogP) is 2.25. The van der Waals surface area contributed by atoms with E-state index in [9.17, 15) is 19.8 Å². The molecule has 4 heteroatoms. The molecule has 0 bridgehead atoms. The number of aliphatic hydroxyl groups excluding tert-OH is 1. The second-order valence-corrected chi connectivity index (χ2v) is 9.26. The van der Waals surface area contributed by atoms with Crippen molar-refractivity contribution < 1.29 is 19.8 Å². The topological polar surface area (TPSA) is 74.6 Å². The Bertz CT molecular complexity index is 572. The van der Waals surface area contributed by atoms with E-state index in [0.29, 0.717) is 38.5 Å². The third kappa shape index (κ3) is 1.85. The van der Waals surface area contributed by atoms with Crippen LogP contribution in [-0.2, 0) is 9.59 Å². The van der Waals surface area contributed by atoms with E-state index in [4.69, 9.17) is 0 Å². The fraction of sp³-hybridized carbons (Fsp3) is 0.895. The molecule has 0 aromatic heterocycles. The van der Waals surface area contributed by atoms with Gasteiger partial charge in [-0.2, -0.15) is 0 Å². The Morgan fingerprint density at radius 3 is 2.61 bits per heavy atom. The Hall–Kier alpha value is -0.740. The van der Waals surface area contributed by atoms with Crippen LogP contribution >= 0.6 is 0 Å². The van der Waals surface area contributed by atoms with Gasteiger partial charge in [-0.1, -0.05) is 13.8 Å². The van der Waals surface area contributed by atoms with Crippen LogP contribution in [0.25, 0.3) is 0 Å². The van der Waals surface area contributed by atoms with Gasteiger partial charge in [-0.15, -0.1) is 0 Å². The average Bonchev–Trinajstić information content (AvgIpc) is 2.76. The molecule has 4 nitrogen and oxygen atoms in total. The summed E-state index contributed by atoms with van der Waals surface area (Å²) in [6, 6.07) is 0. The molecule has 7 unspecified atom stereocenters. The second-order valence-electron chi connectivity index (χ2n) is 9.26. The lowest BCUT2D eigenvalue weighted by molar-refractivity contribution is -0.220. The molecule has 23 heavy (non-hydrogen) atoms. The van der Waals surface area contributed by atoms with Gasteiger partial charge >= 0.3 is 0 Å². The van der Waals surface area contributed by atoms with E-state index in [0.717, 1.165) is 12.8 Å². The summed E-state index contributed by atoms with van der Waals surface area (Å²) in [7, 11) is 0. The first-order valence-corrected chi connectivity index (χ1v) is 9.16. The number of hydrogen-bond acceptors (Lipinski definition) is 4. The number of rotatable bonds is 0. The molecule has 4 aliphatic rings. The third-order valence-electron chi connectivity index (χ3n) is 8.13. The summed E-state index contributed by atoms with van der Waals surface area (Å²) in [5.41, 5.74) is -1.94. The van der Waals surface area contributed by atoms with Gasteiger partial charge in [0.2, 0.25) is 0 Å². The van der Waals surface area contributed by atoms with Gasteiger partial charge in [-0.3, -0.25) is 9.59 Å². The fourth-order valence-electron chi connectivity index (χ4n) is 6.86. The zero-order chi connectivity index (χ0) is 16.6. The summed E-state index contributed by atoms with van der Waals surface area (Å²) in [5.74, 6) is 0.538. The summed E-state index contributed by atoms with van der Waals surface area (Å²) in [6.07, 6.45) is 4.76. The molecule has 4 rings (SSSR count). The van der Waals surface area contributed by atoms with Crippen LogP contribution in [0.5, 0.6) is 0 Å². The number of fused-ring (bicyclic) bond motifs is 5. The normalized spacial score (nSPS) is 56.0. The van der Waals surface area contributed by atoms with Crippen LogP contribution in [0.4, 0.5) is 0 Å². The smallest absolute Gasteiger partial charge is 0.165 e. The summed E-state index contributed by atoms with van der Waals surface area (Å²) >= 11 is 0. The molecule has 4 aliphatic carbocycles. The molecule has 0 heterocycles. The van der Waals surface area contributed by atoms with Gasteiger partial charge < -0.3 is 10.2 Å². The minimum atomic E-state index is -1.30. The first kappa shape index (κ1) is 15.8. The molecule has 128 valence electrons. The molecule has 4 saturated carbocycles. The molecule has 4 fully saturated rings. The van der Waals surface area contributed by atoms with Crippen LogP contribution in [0, 0.1) is 28.6 Å². The van der Waals surface area contributed by atoms with Crippen molar-refractivity contribution in [1.29, 1.82) is 0 Å². The van der Waals surface area contributed by atoms with Crippen molar-refractivity contribution >= 4 is 11.6 Å². The average molecular weight is 320 g/mol. The summed E-state index contributed by atoms with van der Waals surface area (Å²) in [6.45, 7) is 4.16. The Labute approximate surface area is 137 Å². The van der Waals surface area contributed by atoms with Crippen molar-refractivity contribution in [2.45, 2.75) is 76.9 Å². The second kappa shape index (κ2) is 4.66. The van der Waals surface area contributed by atoms with Gasteiger partial charge in [0, 0.05) is 24.7 Å². The van der Waals surface area contributed by atoms with E-state index in [1.165, 1.54) is 0 Å². The molecular formula is C19H28O4. The van der Waals surface area contributed by atoms with Crippen LogP contribution in [-0.4, -0.2) is 33.5 Å². The number of carbonyl (C=O) groups is 2. The van der Waals surface area contributed by atoms with Crippen molar-refractivity contribution in [2.24, 2.45) is 28.6 Å². The van der Waals surface area contributed by atoms with Crippen molar-refractivity contribution in [2.75, 3.05) is 0 Å².